The second-order valence-corrected chi connectivity index (χ2v) is 14.5. The van der Waals surface area contributed by atoms with E-state index in [0.717, 1.165) is 17.4 Å². The van der Waals surface area contributed by atoms with Gasteiger partial charge in [-0.3, -0.25) is 10.1 Å². The van der Waals surface area contributed by atoms with Gasteiger partial charge in [-0.2, -0.15) is 0 Å². The van der Waals surface area contributed by atoms with Crippen LogP contribution in [0.25, 0.3) is 0 Å². The summed E-state index contributed by atoms with van der Waals surface area (Å²) < 4.78 is 12.3. The molecule has 1 N–H and O–H groups in total. The largest absolute Gasteiger partial charge is 0.445 e. The van der Waals surface area contributed by atoms with E-state index < -0.39 is 20.1 Å². The van der Waals surface area contributed by atoms with Crippen molar-refractivity contribution in [2.24, 2.45) is 11.3 Å². The van der Waals surface area contributed by atoms with Crippen molar-refractivity contribution in [3.8, 4) is 0 Å². The maximum Gasteiger partial charge on any atom is 0.407 e. The molecule has 2 unspecified atom stereocenters. The van der Waals surface area contributed by atoms with E-state index in [4.69, 9.17) is 14.1 Å². The Hall–Kier alpha value is -4.06. The van der Waals surface area contributed by atoms with Crippen LogP contribution in [0, 0.1) is 21.4 Å². The molecule has 1 fully saturated rings. The minimum absolute atomic E-state index is 0.0100. The zero-order valence-electron chi connectivity index (χ0n) is 23.8. The first-order valence-corrected chi connectivity index (χ1v) is 16.3. The third kappa shape index (κ3) is 7.04. The number of benzene rings is 3. The van der Waals surface area contributed by atoms with Gasteiger partial charge in [-0.1, -0.05) is 81.4 Å². The lowest BCUT2D eigenvalue weighted by Crippen LogP contribution is -2.65. The molecule has 5 rings (SSSR count). The molecule has 0 bridgehead atoms. The summed E-state index contributed by atoms with van der Waals surface area (Å²) in [5.74, 6) is 0.333. The van der Waals surface area contributed by atoms with E-state index in [9.17, 15) is 14.9 Å². The maximum absolute atomic E-state index is 12.3. The second kappa shape index (κ2) is 12.8. The van der Waals surface area contributed by atoms with Crippen molar-refractivity contribution in [1.29, 1.82) is 0 Å². The number of nitro groups is 1. The number of hydrogen-bond donors (Lipinski definition) is 1. The SMILES string of the molecule is CC(C)(C)C1CN(c2nc(CNC(=O)OCc3ccc([N+](=O)[O-])cc3)cs2)C1O[SiH](c1ccccc1)c1ccccc1. The molecule has 9 nitrogen and oxygen atoms in total. The van der Waals surface area contributed by atoms with Crippen LogP contribution in [0.2, 0.25) is 0 Å². The number of ether oxygens (including phenoxy) is 1. The van der Waals surface area contributed by atoms with Crippen LogP contribution in [0.5, 0.6) is 0 Å². The molecule has 2 heterocycles. The number of nitrogens with zero attached hydrogens (tertiary/aromatic N) is 3. The predicted octanol–water partition coefficient (Wildman–Crippen LogP) is 4.84. The Morgan fingerprint density at radius 1 is 1.05 bits per heavy atom. The first-order chi connectivity index (χ1) is 20.2. The number of hydrogen-bond acceptors (Lipinski definition) is 8. The van der Waals surface area contributed by atoms with Crippen LogP contribution in [0.3, 0.4) is 0 Å². The van der Waals surface area contributed by atoms with Gasteiger partial charge in [0.05, 0.1) is 17.2 Å². The average molecular weight is 603 g/mol. The Morgan fingerprint density at radius 3 is 2.24 bits per heavy atom. The molecular formula is C31H34N4O5SSi. The molecule has 11 heteroatoms. The quantitative estimate of drug-likeness (QED) is 0.157. The summed E-state index contributed by atoms with van der Waals surface area (Å²) in [5.41, 5.74) is 1.45. The molecule has 1 aromatic heterocycles. The first-order valence-electron chi connectivity index (χ1n) is 13.8. The fraction of sp³-hybridized carbons (Fsp3) is 0.290. The van der Waals surface area contributed by atoms with Crippen LogP contribution < -0.4 is 20.6 Å². The number of anilines is 1. The smallest absolute Gasteiger partial charge is 0.407 e. The lowest BCUT2D eigenvalue weighted by atomic mass is 9.74. The summed E-state index contributed by atoms with van der Waals surface area (Å²) in [6.07, 6.45) is -0.693. The molecule has 0 aliphatic carbocycles. The molecule has 1 amide bonds. The minimum Gasteiger partial charge on any atom is -0.445 e. The third-order valence-electron chi connectivity index (χ3n) is 7.35. The number of carbonyl (C=O) groups excluding carboxylic acids is 1. The number of carbonyl (C=O) groups is 1. The standard InChI is InChI=1S/C31H34N4O5SSi/c1-31(2,3)27-19-34(28(27)40-42(25-10-6-4-7-11-25)26-12-8-5-9-13-26)29-33-23(21-41-29)18-32-30(36)39-20-22-14-16-24(17-15-22)35(37)38/h4-17,21,27-28,42H,18-20H2,1-3H3,(H,32,36). The monoisotopic (exact) mass is 602 g/mol. The van der Waals surface area contributed by atoms with Gasteiger partial charge < -0.3 is 19.4 Å². The van der Waals surface area contributed by atoms with Gasteiger partial charge in [0.2, 0.25) is 9.04 Å². The number of thiazole rings is 1. The fourth-order valence-electron chi connectivity index (χ4n) is 4.87. The summed E-state index contributed by atoms with van der Waals surface area (Å²) in [6, 6.07) is 26.9. The first kappa shape index (κ1) is 29.4. The molecule has 0 radical (unpaired) electrons. The number of rotatable bonds is 10. The van der Waals surface area contributed by atoms with Gasteiger partial charge in [0.1, 0.15) is 12.8 Å². The highest BCUT2D eigenvalue weighted by Crippen LogP contribution is 2.43. The Bertz CT molecular complexity index is 1460. The van der Waals surface area contributed by atoms with Gasteiger partial charge in [-0.25, -0.2) is 9.78 Å². The van der Waals surface area contributed by atoms with E-state index in [1.54, 1.807) is 12.1 Å². The van der Waals surface area contributed by atoms with Gasteiger partial charge in [0, 0.05) is 30.0 Å². The Morgan fingerprint density at radius 2 is 1.67 bits per heavy atom. The van der Waals surface area contributed by atoms with Crippen LogP contribution in [0.15, 0.2) is 90.3 Å². The Balaban J connectivity index is 1.23. The summed E-state index contributed by atoms with van der Waals surface area (Å²) in [6.45, 7) is 7.85. The van der Waals surface area contributed by atoms with E-state index in [1.807, 2.05) is 17.5 Å². The van der Waals surface area contributed by atoms with Crippen LogP contribution in [-0.4, -0.2) is 37.8 Å². The maximum atomic E-state index is 12.3. The predicted molar refractivity (Wildman–Crippen MR) is 167 cm³/mol. The van der Waals surface area contributed by atoms with Crippen LogP contribution in [0.4, 0.5) is 15.6 Å². The van der Waals surface area contributed by atoms with Crippen molar-refractivity contribution in [3.05, 3.63) is 112 Å². The van der Waals surface area contributed by atoms with Gasteiger partial charge >= 0.3 is 6.09 Å². The van der Waals surface area contributed by atoms with E-state index in [0.29, 0.717) is 11.5 Å². The highest BCUT2D eigenvalue weighted by Gasteiger charge is 2.48. The van der Waals surface area contributed by atoms with E-state index in [-0.39, 0.29) is 30.5 Å². The number of nitrogens with one attached hydrogen (secondary N) is 1. The van der Waals surface area contributed by atoms with Crippen molar-refractivity contribution in [2.45, 2.75) is 40.2 Å². The highest BCUT2D eigenvalue weighted by molar-refractivity contribution is 7.13. The second-order valence-electron chi connectivity index (χ2n) is 11.3. The normalized spacial score (nSPS) is 16.6. The van der Waals surface area contributed by atoms with E-state index in [1.165, 1.54) is 33.8 Å². The van der Waals surface area contributed by atoms with Crippen molar-refractivity contribution in [1.82, 2.24) is 10.3 Å². The van der Waals surface area contributed by atoms with Gasteiger partial charge in [-0.15, -0.1) is 11.3 Å². The molecule has 0 saturated carbocycles. The lowest BCUT2D eigenvalue weighted by Gasteiger charge is -2.54. The van der Waals surface area contributed by atoms with Gasteiger partial charge in [0.25, 0.3) is 5.69 Å². The zero-order valence-corrected chi connectivity index (χ0v) is 25.8. The number of aromatic nitrogens is 1. The highest BCUT2D eigenvalue weighted by atomic mass is 32.1. The zero-order chi connectivity index (χ0) is 29.7. The van der Waals surface area contributed by atoms with Gasteiger partial charge in [-0.05, 0) is 33.5 Å². The van der Waals surface area contributed by atoms with E-state index in [2.05, 4.69) is 79.5 Å². The molecule has 3 aromatic carbocycles. The molecule has 1 saturated heterocycles. The summed E-state index contributed by atoms with van der Waals surface area (Å²) in [7, 11) is -1.98. The lowest BCUT2D eigenvalue weighted by molar-refractivity contribution is -0.384. The van der Waals surface area contributed by atoms with Crippen LogP contribution in [-0.2, 0) is 22.3 Å². The number of alkyl carbamates (subject to hydrolysis) is 1. The summed E-state index contributed by atoms with van der Waals surface area (Å²) in [4.78, 5) is 29.7. The molecule has 2 atom stereocenters. The molecular weight excluding hydrogens is 569 g/mol. The molecule has 42 heavy (non-hydrogen) atoms. The van der Waals surface area contributed by atoms with Crippen molar-refractivity contribution >= 4 is 47.7 Å². The average Bonchev–Trinajstić information content (AvgIpc) is 3.43. The number of nitro benzene ring substituents is 1. The molecule has 1 aliphatic rings. The number of non-ortho nitro benzene ring substituents is 1. The summed E-state index contributed by atoms with van der Waals surface area (Å²) >= 11 is 1.54. The number of amides is 1. The van der Waals surface area contributed by atoms with E-state index >= 15 is 0 Å². The molecule has 0 spiro atoms. The summed E-state index contributed by atoms with van der Waals surface area (Å²) in [5, 5.41) is 18.8. The third-order valence-corrected chi connectivity index (χ3v) is 10.8. The molecule has 1 aliphatic heterocycles. The van der Waals surface area contributed by atoms with Gasteiger partial charge in [0.15, 0.2) is 5.13 Å². The van der Waals surface area contributed by atoms with Crippen molar-refractivity contribution in [3.63, 3.8) is 0 Å². The minimum atomic E-state index is -1.98. The van der Waals surface area contributed by atoms with Crippen LogP contribution in [0.1, 0.15) is 32.0 Å². The Kier molecular flexibility index (Phi) is 9.00. The molecule has 4 aromatic rings. The fourth-order valence-corrected chi connectivity index (χ4v) is 8.19. The van der Waals surface area contributed by atoms with Crippen molar-refractivity contribution in [2.75, 3.05) is 11.4 Å². The van der Waals surface area contributed by atoms with Crippen molar-refractivity contribution < 1.29 is 18.9 Å². The Labute approximate surface area is 251 Å². The van der Waals surface area contributed by atoms with Crippen LogP contribution >= 0.6 is 11.3 Å². The topological polar surface area (TPSA) is 107 Å². The molecule has 218 valence electrons.